The van der Waals surface area contributed by atoms with Crippen LogP contribution in [0.15, 0.2) is 23.1 Å². The summed E-state index contributed by atoms with van der Waals surface area (Å²) < 4.78 is 47.0. The lowest BCUT2D eigenvalue weighted by Crippen LogP contribution is -2.47. The van der Waals surface area contributed by atoms with Gasteiger partial charge in [0.1, 0.15) is 10.7 Å². The smallest absolute Gasteiger partial charge is 0.246 e. The molecular weight excluding hydrogens is 331 g/mol. The van der Waals surface area contributed by atoms with Gasteiger partial charge in [-0.1, -0.05) is 6.07 Å². The fourth-order valence-corrected chi connectivity index (χ4v) is 4.86. The number of piperidine rings is 1. The minimum absolute atomic E-state index is 0.0937. The fraction of sp³-hybridized carbons (Fsp3) is 0.647. The number of ether oxygens (including phenoxy) is 1. The Morgan fingerprint density at radius 1 is 1.33 bits per heavy atom. The van der Waals surface area contributed by atoms with E-state index >= 15 is 0 Å². The normalized spacial score (nSPS) is 17.5. The van der Waals surface area contributed by atoms with Crippen LogP contribution in [-0.2, 0) is 14.8 Å². The van der Waals surface area contributed by atoms with Gasteiger partial charge in [-0.25, -0.2) is 12.8 Å². The van der Waals surface area contributed by atoms with Gasteiger partial charge in [-0.2, -0.15) is 4.31 Å². The van der Waals surface area contributed by atoms with Crippen LogP contribution >= 0.6 is 0 Å². The number of methoxy groups -OCH3 is 1. The number of benzene rings is 1. The highest BCUT2D eigenvalue weighted by atomic mass is 32.2. The second-order valence-electron chi connectivity index (χ2n) is 6.43. The minimum atomic E-state index is -3.86. The average molecular weight is 358 g/mol. The van der Waals surface area contributed by atoms with Crippen molar-refractivity contribution >= 4 is 10.0 Å². The molecule has 1 fully saturated rings. The summed E-state index contributed by atoms with van der Waals surface area (Å²) >= 11 is 0. The highest BCUT2D eigenvalue weighted by Crippen LogP contribution is 2.26. The third-order valence-corrected chi connectivity index (χ3v) is 6.48. The predicted molar refractivity (Wildman–Crippen MR) is 92.0 cm³/mol. The first-order valence-corrected chi connectivity index (χ1v) is 9.75. The van der Waals surface area contributed by atoms with Crippen LogP contribution in [0.4, 0.5) is 4.39 Å². The molecule has 2 rings (SSSR count). The molecule has 5 nitrogen and oxygen atoms in total. The van der Waals surface area contributed by atoms with E-state index in [1.165, 1.54) is 16.4 Å². The van der Waals surface area contributed by atoms with Crippen molar-refractivity contribution in [1.82, 2.24) is 9.21 Å². The Hall–Kier alpha value is -1.02. The maximum atomic E-state index is 14.3. The molecule has 0 aliphatic carbocycles. The zero-order valence-corrected chi connectivity index (χ0v) is 15.5. The zero-order valence-electron chi connectivity index (χ0n) is 14.7. The van der Waals surface area contributed by atoms with Crippen molar-refractivity contribution in [3.05, 3.63) is 29.6 Å². The standard InChI is InChI=1S/C17H27FN2O3S/c1-14-5-6-17(16(18)13-14)24(21,22)20(9-4-12-23-3)15-7-10-19(2)11-8-15/h5-6,13,15H,4,7-12H2,1-3H3. The van der Waals surface area contributed by atoms with E-state index in [4.69, 9.17) is 4.74 Å². The van der Waals surface area contributed by atoms with Gasteiger partial charge >= 0.3 is 0 Å². The molecule has 1 aromatic rings. The summed E-state index contributed by atoms with van der Waals surface area (Å²) in [7, 11) is -0.243. The van der Waals surface area contributed by atoms with Gasteiger partial charge < -0.3 is 9.64 Å². The summed E-state index contributed by atoms with van der Waals surface area (Å²) in [6.07, 6.45) is 2.11. The molecule has 1 aliphatic heterocycles. The van der Waals surface area contributed by atoms with Crippen molar-refractivity contribution in [2.24, 2.45) is 0 Å². The molecule has 1 saturated heterocycles. The van der Waals surface area contributed by atoms with Crippen molar-refractivity contribution in [1.29, 1.82) is 0 Å². The van der Waals surface area contributed by atoms with Gasteiger partial charge in [-0.15, -0.1) is 0 Å². The molecule has 136 valence electrons. The van der Waals surface area contributed by atoms with Crippen LogP contribution in [0, 0.1) is 12.7 Å². The largest absolute Gasteiger partial charge is 0.385 e. The molecule has 24 heavy (non-hydrogen) atoms. The summed E-state index contributed by atoms with van der Waals surface area (Å²) in [5, 5.41) is 0. The number of likely N-dealkylation sites (tertiary alicyclic amines) is 1. The molecule has 1 heterocycles. The van der Waals surface area contributed by atoms with Crippen molar-refractivity contribution < 1.29 is 17.5 Å². The predicted octanol–water partition coefficient (Wildman–Crippen LogP) is 2.26. The summed E-state index contributed by atoms with van der Waals surface area (Å²) in [5.74, 6) is -0.681. The number of hydrogen-bond acceptors (Lipinski definition) is 4. The number of sulfonamides is 1. The van der Waals surface area contributed by atoms with Crippen molar-refractivity contribution in [3.63, 3.8) is 0 Å². The van der Waals surface area contributed by atoms with Gasteiger partial charge in [-0.3, -0.25) is 0 Å². The molecule has 7 heteroatoms. The average Bonchev–Trinajstić information content (AvgIpc) is 2.52. The minimum Gasteiger partial charge on any atom is -0.385 e. The number of halogens is 1. The van der Waals surface area contributed by atoms with Gasteiger partial charge in [0.2, 0.25) is 10.0 Å². The Kier molecular flexibility index (Phi) is 6.74. The lowest BCUT2D eigenvalue weighted by atomic mass is 10.1. The van der Waals surface area contributed by atoms with E-state index in [9.17, 15) is 12.8 Å². The van der Waals surface area contributed by atoms with E-state index in [1.54, 1.807) is 20.1 Å². The number of nitrogens with zero attached hydrogens (tertiary/aromatic N) is 2. The monoisotopic (exact) mass is 358 g/mol. The highest BCUT2D eigenvalue weighted by Gasteiger charge is 2.34. The molecule has 0 saturated carbocycles. The van der Waals surface area contributed by atoms with E-state index in [1.807, 2.05) is 7.05 Å². The van der Waals surface area contributed by atoms with Crippen LogP contribution in [0.3, 0.4) is 0 Å². The summed E-state index contributed by atoms with van der Waals surface area (Å²) in [5.41, 5.74) is 0.705. The topological polar surface area (TPSA) is 49.9 Å². The van der Waals surface area contributed by atoms with E-state index in [2.05, 4.69) is 4.90 Å². The molecule has 0 spiro atoms. The van der Waals surface area contributed by atoms with Gasteiger partial charge in [0.15, 0.2) is 0 Å². The van der Waals surface area contributed by atoms with Crippen molar-refractivity contribution in [2.45, 2.75) is 37.1 Å². The first-order chi connectivity index (χ1) is 11.4. The first-order valence-electron chi connectivity index (χ1n) is 8.31. The highest BCUT2D eigenvalue weighted by molar-refractivity contribution is 7.89. The molecule has 0 aromatic heterocycles. The van der Waals surface area contributed by atoms with Crippen LogP contribution in [-0.4, -0.2) is 64.1 Å². The van der Waals surface area contributed by atoms with E-state index in [0.717, 1.165) is 25.9 Å². The van der Waals surface area contributed by atoms with Gasteiger partial charge in [0.25, 0.3) is 0 Å². The quantitative estimate of drug-likeness (QED) is 0.702. The number of rotatable bonds is 7. The van der Waals surface area contributed by atoms with Crippen LogP contribution < -0.4 is 0 Å². The Balaban J connectivity index is 2.29. The number of hydrogen-bond donors (Lipinski definition) is 0. The fourth-order valence-electron chi connectivity index (χ4n) is 3.09. The zero-order chi connectivity index (χ0) is 17.7. The van der Waals surface area contributed by atoms with Gasteiger partial charge in [-0.05, 0) is 64.0 Å². The molecule has 1 aromatic carbocycles. The van der Waals surface area contributed by atoms with Crippen molar-refractivity contribution in [3.8, 4) is 0 Å². The molecule has 0 radical (unpaired) electrons. The summed E-state index contributed by atoms with van der Waals surface area (Å²) in [6.45, 7) is 4.26. The van der Waals surface area contributed by atoms with E-state index < -0.39 is 15.8 Å². The third kappa shape index (κ3) is 4.53. The molecule has 0 amide bonds. The number of aryl methyl sites for hydroxylation is 1. The van der Waals surface area contributed by atoms with Crippen LogP contribution in [0.1, 0.15) is 24.8 Å². The molecule has 0 atom stereocenters. The SMILES string of the molecule is COCCCN(C1CCN(C)CC1)S(=O)(=O)c1ccc(C)cc1F. The molecule has 0 unspecified atom stereocenters. The Morgan fingerprint density at radius 3 is 2.58 bits per heavy atom. The lowest BCUT2D eigenvalue weighted by molar-refractivity contribution is 0.157. The second kappa shape index (κ2) is 8.38. The maximum absolute atomic E-state index is 14.3. The van der Waals surface area contributed by atoms with Crippen LogP contribution in [0.5, 0.6) is 0 Å². The van der Waals surface area contributed by atoms with Crippen LogP contribution in [0.25, 0.3) is 0 Å². The molecular formula is C17H27FN2O3S. The first kappa shape index (κ1) is 19.3. The van der Waals surface area contributed by atoms with Gasteiger partial charge in [0, 0.05) is 26.3 Å². The molecule has 0 bridgehead atoms. The third-order valence-electron chi connectivity index (χ3n) is 4.50. The summed E-state index contributed by atoms with van der Waals surface area (Å²) in [6, 6.07) is 4.19. The maximum Gasteiger partial charge on any atom is 0.246 e. The van der Waals surface area contributed by atoms with E-state index in [-0.39, 0.29) is 10.9 Å². The second-order valence-corrected chi connectivity index (χ2v) is 8.29. The summed E-state index contributed by atoms with van der Waals surface area (Å²) in [4.78, 5) is 1.95. The Labute approximate surface area is 144 Å². The Morgan fingerprint density at radius 2 is 2.00 bits per heavy atom. The van der Waals surface area contributed by atoms with Gasteiger partial charge in [0.05, 0.1) is 0 Å². The molecule has 1 aliphatic rings. The van der Waals surface area contributed by atoms with Crippen LogP contribution in [0.2, 0.25) is 0 Å². The van der Waals surface area contributed by atoms with E-state index in [0.29, 0.717) is 25.1 Å². The Bertz CT molecular complexity index is 643. The van der Waals surface area contributed by atoms with Crippen molar-refractivity contribution in [2.75, 3.05) is 40.4 Å². The lowest BCUT2D eigenvalue weighted by Gasteiger charge is -2.36. The molecule has 0 N–H and O–H groups in total.